The van der Waals surface area contributed by atoms with Gasteiger partial charge in [0.15, 0.2) is 6.29 Å². The Morgan fingerprint density at radius 1 is 0.833 bits per heavy atom. The van der Waals surface area contributed by atoms with Crippen LogP contribution in [0.5, 0.6) is 11.5 Å². The van der Waals surface area contributed by atoms with E-state index in [0.29, 0.717) is 19.1 Å². The van der Waals surface area contributed by atoms with E-state index in [0.717, 1.165) is 24.3 Å². The SMILES string of the molecule is CC.CCCCCc1ccccc1OCCOC(C)Oc1ccc(C(C)CC)cc1. The minimum absolute atomic E-state index is 0.308. The van der Waals surface area contributed by atoms with Gasteiger partial charge >= 0.3 is 0 Å². The summed E-state index contributed by atoms with van der Waals surface area (Å²) >= 11 is 0. The zero-order valence-corrected chi connectivity index (χ0v) is 19.9. The molecular weight excluding hydrogens is 372 g/mol. The fourth-order valence-corrected chi connectivity index (χ4v) is 3.12. The Morgan fingerprint density at radius 2 is 1.53 bits per heavy atom. The Bertz CT molecular complexity index is 666. The topological polar surface area (TPSA) is 27.7 Å². The molecule has 0 aliphatic carbocycles. The minimum atomic E-state index is -0.308. The van der Waals surface area contributed by atoms with Crippen LogP contribution >= 0.6 is 0 Å². The predicted octanol–water partition coefficient (Wildman–Crippen LogP) is 7.78. The molecule has 0 aromatic heterocycles. The Labute approximate surface area is 184 Å². The van der Waals surface area contributed by atoms with E-state index in [9.17, 15) is 0 Å². The summed E-state index contributed by atoms with van der Waals surface area (Å²) < 4.78 is 17.5. The molecule has 2 rings (SSSR count). The quantitative estimate of drug-likeness (QED) is 0.247. The summed E-state index contributed by atoms with van der Waals surface area (Å²) in [5, 5.41) is 0. The zero-order chi connectivity index (χ0) is 22.2. The Balaban J connectivity index is 0.00000218. The third kappa shape index (κ3) is 9.67. The lowest BCUT2D eigenvalue weighted by Gasteiger charge is -2.17. The molecule has 2 unspecified atom stereocenters. The molecular formula is C27H42O3. The normalized spacial score (nSPS) is 12.5. The summed E-state index contributed by atoms with van der Waals surface area (Å²) in [6.07, 6.45) is 5.59. The van der Waals surface area contributed by atoms with Gasteiger partial charge in [-0.05, 0) is 61.4 Å². The van der Waals surface area contributed by atoms with Gasteiger partial charge in [-0.15, -0.1) is 0 Å². The van der Waals surface area contributed by atoms with Gasteiger partial charge in [0.1, 0.15) is 18.1 Å². The first kappa shape index (κ1) is 26.0. The van der Waals surface area contributed by atoms with Gasteiger partial charge in [-0.3, -0.25) is 0 Å². The van der Waals surface area contributed by atoms with Crippen molar-refractivity contribution in [3.63, 3.8) is 0 Å². The Hall–Kier alpha value is -2.00. The lowest BCUT2D eigenvalue weighted by atomic mass is 9.99. The van der Waals surface area contributed by atoms with Crippen molar-refractivity contribution >= 4 is 0 Å². The average molecular weight is 415 g/mol. The van der Waals surface area contributed by atoms with Crippen LogP contribution in [-0.2, 0) is 11.2 Å². The van der Waals surface area contributed by atoms with E-state index < -0.39 is 0 Å². The summed E-state index contributed by atoms with van der Waals surface area (Å²) in [6, 6.07) is 16.6. The summed E-state index contributed by atoms with van der Waals surface area (Å²) in [7, 11) is 0. The lowest BCUT2D eigenvalue weighted by molar-refractivity contribution is -0.0739. The van der Waals surface area contributed by atoms with E-state index >= 15 is 0 Å². The van der Waals surface area contributed by atoms with Crippen LogP contribution in [-0.4, -0.2) is 19.5 Å². The number of benzene rings is 2. The van der Waals surface area contributed by atoms with Crippen LogP contribution in [0.4, 0.5) is 0 Å². The van der Waals surface area contributed by atoms with E-state index in [1.165, 1.54) is 30.4 Å². The molecule has 2 aromatic rings. The molecule has 0 radical (unpaired) electrons. The Kier molecular flexibility index (Phi) is 13.7. The number of rotatable bonds is 13. The predicted molar refractivity (Wildman–Crippen MR) is 128 cm³/mol. The molecule has 0 N–H and O–H groups in total. The molecule has 0 spiro atoms. The van der Waals surface area contributed by atoms with Crippen molar-refractivity contribution in [2.75, 3.05) is 13.2 Å². The van der Waals surface area contributed by atoms with Crippen molar-refractivity contribution in [2.24, 2.45) is 0 Å². The minimum Gasteiger partial charge on any atom is -0.491 e. The van der Waals surface area contributed by atoms with E-state index in [1.807, 2.05) is 45.0 Å². The second kappa shape index (κ2) is 15.8. The highest BCUT2D eigenvalue weighted by Gasteiger charge is 2.07. The first-order valence-electron chi connectivity index (χ1n) is 11.7. The van der Waals surface area contributed by atoms with Crippen LogP contribution in [0, 0.1) is 0 Å². The smallest absolute Gasteiger partial charge is 0.197 e. The van der Waals surface area contributed by atoms with Crippen LogP contribution in [0.3, 0.4) is 0 Å². The molecule has 168 valence electrons. The van der Waals surface area contributed by atoms with Gasteiger partial charge in [0.05, 0.1) is 6.61 Å². The number of aryl methyl sites for hydroxylation is 1. The maximum absolute atomic E-state index is 5.94. The average Bonchev–Trinajstić information content (AvgIpc) is 2.79. The van der Waals surface area contributed by atoms with E-state index in [4.69, 9.17) is 14.2 Å². The maximum Gasteiger partial charge on any atom is 0.197 e. The van der Waals surface area contributed by atoms with Gasteiger partial charge < -0.3 is 14.2 Å². The molecule has 3 nitrogen and oxygen atoms in total. The van der Waals surface area contributed by atoms with Crippen LogP contribution in [0.2, 0.25) is 0 Å². The number of unbranched alkanes of at least 4 members (excludes halogenated alkanes) is 2. The molecule has 0 bridgehead atoms. The van der Waals surface area contributed by atoms with Crippen molar-refractivity contribution in [2.45, 2.75) is 85.9 Å². The molecule has 30 heavy (non-hydrogen) atoms. The summed E-state index contributed by atoms with van der Waals surface area (Å²) in [4.78, 5) is 0. The second-order valence-corrected chi connectivity index (χ2v) is 7.35. The third-order valence-electron chi connectivity index (χ3n) is 5.08. The maximum atomic E-state index is 5.94. The molecule has 0 amide bonds. The van der Waals surface area contributed by atoms with Gasteiger partial charge in [0, 0.05) is 0 Å². The van der Waals surface area contributed by atoms with Gasteiger partial charge in [-0.2, -0.15) is 0 Å². The summed E-state index contributed by atoms with van der Waals surface area (Å²) in [5.74, 6) is 2.38. The highest BCUT2D eigenvalue weighted by atomic mass is 16.7. The van der Waals surface area contributed by atoms with E-state index in [-0.39, 0.29) is 6.29 Å². The van der Waals surface area contributed by atoms with Gasteiger partial charge in [0.2, 0.25) is 0 Å². The Morgan fingerprint density at radius 3 is 2.20 bits per heavy atom. The van der Waals surface area contributed by atoms with Crippen LogP contribution < -0.4 is 9.47 Å². The molecule has 0 saturated heterocycles. The molecule has 0 aliphatic heterocycles. The molecule has 3 heteroatoms. The van der Waals surface area contributed by atoms with Crippen molar-refractivity contribution in [3.05, 3.63) is 59.7 Å². The summed E-state index contributed by atoms with van der Waals surface area (Å²) in [6.45, 7) is 13.6. The van der Waals surface area contributed by atoms with Crippen molar-refractivity contribution < 1.29 is 14.2 Å². The van der Waals surface area contributed by atoms with Crippen molar-refractivity contribution in [1.29, 1.82) is 0 Å². The van der Waals surface area contributed by atoms with Crippen LogP contribution in [0.1, 0.15) is 84.3 Å². The number of hydrogen-bond acceptors (Lipinski definition) is 3. The molecule has 0 aliphatic rings. The monoisotopic (exact) mass is 414 g/mol. The third-order valence-corrected chi connectivity index (χ3v) is 5.08. The van der Waals surface area contributed by atoms with Gasteiger partial charge in [-0.25, -0.2) is 0 Å². The highest BCUT2D eigenvalue weighted by molar-refractivity contribution is 5.33. The molecule has 2 aromatic carbocycles. The second-order valence-electron chi connectivity index (χ2n) is 7.35. The van der Waals surface area contributed by atoms with Gasteiger partial charge in [-0.1, -0.05) is 77.8 Å². The van der Waals surface area contributed by atoms with E-state index in [2.05, 4.69) is 45.0 Å². The highest BCUT2D eigenvalue weighted by Crippen LogP contribution is 2.22. The van der Waals surface area contributed by atoms with Crippen LogP contribution in [0.15, 0.2) is 48.5 Å². The van der Waals surface area contributed by atoms with E-state index in [1.54, 1.807) is 0 Å². The van der Waals surface area contributed by atoms with Gasteiger partial charge in [0.25, 0.3) is 0 Å². The molecule has 0 heterocycles. The summed E-state index contributed by atoms with van der Waals surface area (Å²) in [5.41, 5.74) is 2.62. The zero-order valence-electron chi connectivity index (χ0n) is 19.9. The van der Waals surface area contributed by atoms with Crippen LogP contribution in [0.25, 0.3) is 0 Å². The van der Waals surface area contributed by atoms with Crippen molar-refractivity contribution in [1.82, 2.24) is 0 Å². The number of ether oxygens (including phenoxy) is 3. The number of hydrogen-bond donors (Lipinski definition) is 0. The first-order chi connectivity index (χ1) is 14.6. The molecule has 0 fully saturated rings. The fourth-order valence-electron chi connectivity index (χ4n) is 3.12. The lowest BCUT2D eigenvalue weighted by Crippen LogP contribution is -2.20. The van der Waals surface area contributed by atoms with Crippen molar-refractivity contribution in [3.8, 4) is 11.5 Å². The molecule has 2 atom stereocenters. The fraction of sp³-hybridized carbons (Fsp3) is 0.556. The standard InChI is InChI=1S/C25H36O3.C2H6/c1-5-7-8-11-23-12-9-10-13-25(23)27-19-18-26-21(4)28-24-16-14-22(15-17-24)20(3)6-2;1-2/h9-10,12-17,20-21H,5-8,11,18-19H2,1-4H3;1-2H3. The first-order valence-corrected chi connectivity index (χ1v) is 11.7. The largest absolute Gasteiger partial charge is 0.491 e. The number of para-hydroxylation sites is 1. The molecule has 0 saturated carbocycles.